The van der Waals surface area contributed by atoms with E-state index in [1.54, 1.807) is 56.3 Å². The molecule has 0 saturated carbocycles. The van der Waals surface area contributed by atoms with Crippen molar-refractivity contribution in [1.82, 2.24) is 4.57 Å². The van der Waals surface area contributed by atoms with E-state index >= 15 is 0 Å². The van der Waals surface area contributed by atoms with Crippen LogP contribution in [0.15, 0.2) is 86.2 Å². The van der Waals surface area contributed by atoms with Crippen molar-refractivity contribution >= 4 is 45.0 Å². The van der Waals surface area contributed by atoms with Crippen molar-refractivity contribution in [3.8, 4) is 11.5 Å². The van der Waals surface area contributed by atoms with E-state index in [9.17, 15) is 24.1 Å². The number of halogens is 2. The van der Waals surface area contributed by atoms with Crippen molar-refractivity contribution in [3.05, 3.63) is 129 Å². The van der Waals surface area contributed by atoms with E-state index in [1.165, 1.54) is 35.9 Å². The molecule has 0 unspecified atom stereocenters. The van der Waals surface area contributed by atoms with Gasteiger partial charge in [-0.1, -0.05) is 57.6 Å². The van der Waals surface area contributed by atoms with E-state index in [0.29, 0.717) is 47.7 Å². The second-order valence-corrected chi connectivity index (χ2v) is 11.4. The lowest BCUT2D eigenvalue weighted by Crippen LogP contribution is -2.40. The molecule has 2 heterocycles. The molecule has 0 radical (unpaired) electrons. The lowest BCUT2D eigenvalue weighted by molar-refractivity contribution is -0.384. The first-order valence-electron chi connectivity index (χ1n) is 13.3. The van der Waals surface area contributed by atoms with Crippen LogP contribution in [-0.2, 0) is 16.1 Å². The number of ether oxygens (including phenoxy) is 3. The molecule has 0 aliphatic carbocycles. The standard InChI is InChI=1S/C31H25BrFN3O7S/c1-4-42-30(38)27-17(2)34-31-35(28(27)18-9-7-10-21(12-18)36(39)40)29(37)26(44-31)14-20-13-24(41-3)25(15-22(20)32)43-16-19-8-5-6-11-23(19)33/h5-15,28H,4,16H2,1-3H3/b26-14+/t28-/m0/s1. The van der Waals surface area contributed by atoms with Crippen molar-refractivity contribution in [2.45, 2.75) is 26.5 Å². The minimum atomic E-state index is -1.00. The Hall–Kier alpha value is -4.62. The van der Waals surface area contributed by atoms with E-state index in [0.717, 1.165) is 11.3 Å². The fraction of sp³-hybridized carbons (Fsp3) is 0.194. The Morgan fingerprint density at radius 3 is 2.66 bits per heavy atom. The Morgan fingerprint density at radius 2 is 1.95 bits per heavy atom. The number of aromatic nitrogens is 1. The molecule has 0 amide bonds. The van der Waals surface area contributed by atoms with Gasteiger partial charge in [0.05, 0.1) is 40.5 Å². The van der Waals surface area contributed by atoms with Gasteiger partial charge in [-0.3, -0.25) is 19.5 Å². The van der Waals surface area contributed by atoms with E-state index in [4.69, 9.17) is 14.2 Å². The first-order valence-corrected chi connectivity index (χ1v) is 14.9. The summed E-state index contributed by atoms with van der Waals surface area (Å²) in [6.45, 7) is 3.37. The zero-order valence-electron chi connectivity index (χ0n) is 23.7. The summed E-state index contributed by atoms with van der Waals surface area (Å²) in [6, 6.07) is 14.4. The van der Waals surface area contributed by atoms with Crippen LogP contribution in [-0.4, -0.2) is 29.2 Å². The fourth-order valence-corrected chi connectivity index (χ4v) is 6.24. The number of thiazole rings is 1. The summed E-state index contributed by atoms with van der Waals surface area (Å²) in [5.74, 6) is -0.333. The van der Waals surface area contributed by atoms with Gasteiger partial charge >= 0.3 is 5.97 Å². The zero-order chi connectivity index (χ0) is 31.5. The Balaban J connectivity index is 1.60. The van der Waals surface area contributed by atoms with Crippen LogP contribution in [0.2, 0.25) is 0 Å². The topological polar surface area (TPSA) is 122 Å². The van der Waals surface area contributed by atoms with Crippen molar-refractivity contribution in [1.29, 1.82) is 0 Å². The largest absolute Gasteiger partial charge is 0.493 e. The van der Waals surface area contributed by atoms with Gasteiger partial charge in [-0.15, -0.1) is 0 Å². The van der Waals surface area contributed by atoms with Crippen molar-refractivity contribution in [3.63, 3.8) is 0 Å². The molecule has 0 N–H and O–H groups in total. The Morgan fingerprint density at radius 1 is 1.18 bits per heavy atom. The molecule has 0 spiro atoms. The van der Waals surface area contributed by atoms with Gasteiger partial charge in [0, 0.05) is 22.2 Å². The lowest BCUT2D eigenvalue weighted by Gasteiger charge is -2.24. The van der Waals surface area contributed by atoms with Gasteiger partial charge in [0.1, 0.15) is 12.4 Å². The van der Waals surface area contributed by atoms with Crippen LogP contribution in [0.25, 0.3) is 6.08 Å². The molecule has 1 aliphatic heterocycles. The van der Waals surface area contributed by atoms with E-state index in [1.807, 2.05) is 0 Å². The van der Waals surface area contributed by atoms with E-state index in [-0.39, 0.29) is 30.3 Å². The van der Waals surface area contributed by atoms with E-state index in [2.05, 4.69) is 20.9 Å². The number of nitro benzene ring substituents is 1. The smallest absolute Gasteiger partial charge is 0.338 e. The van der Waals surface area contributed by atoms with Gasteiger partial charge < -0.3 is 14.2 Å². The number of carbonyl (C=O) groups excluding carboxylic acids is 1. The molecule has 4 aromatic rings. The molecule has 0 saturated heterocycles. The minimum Gasteiger partial charge on any atom is -0.493 e. The third-order valence-corrected chi connectivity index (χ3v) is 8.49. The minimum absolute atomic E-state index is 0.0206. The van der Waals surface area contributed by atoms with Crippen LogP contribution in [0.4, 0.5) is 10.1 Å². The summed E-state index contributed by atoms with van der Waals surface area (Å²) in [4.78, 5) is 42.9. The van der Waals surface area contributed by atoms with Crippen LogP contribution in [0.3, 0.4) is 0 Å². The fourth-order valence-electron chi connectivity index (χ4n) is 4.76. The number of nitro groups is 1. The molecule has 1 aromatic heterocycles. The Bertz CT molecular complexity index is 2000. The lowest BCUT2D eigenvalue weighted by atomic mass is 9.95. The van der Waals surface area contributed by atoms with Crippen molar-refractivity contribution < 1.29 is 28.3 Å². The van der Waals surface area contributed by atoms with Gasteiger partial charge in [-0.2, -0.15) is 0 Å². The molecule has 1 aliphatic rings. The highest BCUT2D eigenvalue weighted by Crippen LogP contribution is 2.35. The quantitative estimate of drug-likeness (QED) is 0.135. The Labute approximate surface area is 262 Å². The van der Waals surface area contributed by atoms with Crippen LogP contribution >= 0.6 is 27.3 Å². The van der Waals surface area contributed by atoms with Crippen molar-refractivity contribution in [2.75, 3.05) is 13.7 Å². The molecule has 0 fully saturated rings. The second kappa shape index (κ2) is 12.9. The maximum absolute atomic E-state index is 14.1. The second-order valence-electron chi connectivity index (χ2n) is 9.56. The normalized spacial score (nSPS) is 14.6. The predicted molar refractivity (Wildman–Crippen MR) is 165 cm³/mol. The number of non-ortho nitro benzene ring substituents is 1. The van der Waals surface area contributed by atoms with Crippen LogP contribution in [0.5, 0.6) is 11.5 Å². The number of rotatable bonds is 9. The molecule has 1 atom stereocenters. The van der Waals surface area contributed by atoms with Crippen LogP contribution < -0.4 is 24.4 Å². The summed E-state index contributed by atoms with van der Waals surface area (Å²) in [5.41, 5.74) is 1.15. The van der Waals surface area contributed by atoms with Gasteiger partial charge in [-0.25, -0.2) is 14.2 Å². The number of esters is 1. The predicted octanol–water partition coefficient (Wildman–Crippen LogP) is 5.20. The molecule has 0 bridgehead atoms. The number of benzene rings is 3. The third-order valence-electron chi connectivity index (χ3n) is 6.82. The maximum Gasteiger partial charge on any atom is 0.338 e. The third kappa shape index (κ3) is 6.06. The van der Waals surface area contributed by atoms with Crippen LogP contribution in [0.1, 0.15) is 36.6 Å². The van der Waals surface area contributed by atoms with E-state index < -0.39 is 22.5 Å². The number of methoxy groups -OCH3 is 1. The number of carbonyl (C=O) groups is 1. The molecular formula is C31H25BrFN3O7S. The molecular weight excluding hydrogens is 657 g/mol. The SMILES string of the molecule is CCOC(=O)C1=C(C)N=c2s/c(=C/c3cc(OC)c(OCc4ccccc4F)cc3Br)c(=O)n2[C@H]1c1cccc([N+](=O)[O-])c1. The number of hydrogen-bond donors (Lipinski definition) is 0. The summed E-state index contributed by atoms with van der Waals surface area (Å²) in [5, 5.41) is 11.5. The summed E-state index contributed by atoms with van der Waals surface area (Å²) < 4.78 is 33.0. The van der Waals surface area contributed by atoms with Gasteiger partial charge in [0.2, 0.25) is 0 Å². The molecule has 44 heavy (non-hydrogen) atoms. The highest BCUT2D eigenvalue weighted by Gasteiger charge is 2.34. The summed E-state index contributed by atoms with van der Waals surface area (Å²) in [7, 11) is 1.47. The number of fused-ring (bicyclic) bond motifs is 1. The average molecular weight is 683 g/mol. The number of hydrogen-bond acceptors (Lipinski definition) is 9. The van der Waals surface area contributed by atoms with Crippen molar-refractivity contribution in [2.24, 2.45) is 4.99 Å². The molecule has 3 aromatic carbocycles. The number of nitrogens with zero attached hydrogens (tertiary/aromatic N) is 3. The first kappa shape index (κ1) is 30.8. The molecule has 13 heteroatoms. The Kier molecular flexibility index (Phi) is 9.06. The zero-order valence-corrected chi connectivity index (χ0v) is 26.1. The maximum atomic E-state index is 14.1. The first-order chi connectivity index (χ1) is 21.1. The highest BCUT2D eigenvalue weighted by molar-refractivity contribution is 9.10. The van der Waals surface area contributed by atoms with Gasteiger partial charge in [0.25, 0.3) is 11.2 Å². The summed E-state index contributed by atoms with van der Waals surface area (Å²) in [6.07, 6.45) is 1.64. The summed E-state index contributed by atoms with van der Waals surface area (Å²) >= 11 is 4.63. The van der Waals surface area contributed by atoms with Crippen LogP contribution in [0, 0.1) is 15.9 Å². The molecule has 10 nitrogen and oxygen atoms in total. The van der Waals surface area contributed by atoms with Gasteiger partial charge in [0.15, 0.2) is 16.3 Å². The molecule has 226 valence electrons. The monoisotopic (exact) mass is 681 g/mol. The highest BCUT2D eigenvalue weighted by atomic mass is 79.9. The average Bonchev–Trinajstić information content (AvgIpc) is 3.31. The number of allylic oxidation sites excluding steroid dienone is 1. The molecule has 5 rings (SSSR count). The van der Waals surface area contributed by atoms with Gasteiger partial charge in [-0.05, 0) is 49.2 Å².